The second kappa shape index (κ2) is 6.45. The Morgan fingerprint density at radius 1 is 1.20 bits per heavy atom. The molecule has 2 aromatic rings. The van der Waals surface area contributed by atoms with Crippen LogP contribution in [0.2, 0.25) is 5.15 Å². The molecule has 0 aliphatic carbocycles. The van der Waals surface area contributed by atoms with Crippen LogP contribution in [0.5, 0.6) is 0 Å². The second-order valence-corrected chi connectivity index (χ2v) is 5.41. The zero-order chi connectivity index (χ0) is 14.7. The summed E-state index contributed by atoms with van der Waals surface area (Å²) in [6.45, 7) is 1.98. The van der Waals surface area contributed by atoms with Crippen molar-refractivity contribution in [2.75, 3.05) is 5.32 Å². The van der Waals surface area contributed by atoms with Gasteiger partial charge in [-0.15, -0.1) is 0 Å². The van der Waals surface area contributed by atoms with Crippen LogP contribution in [-0.2, 0) is 6.42 Å². The fourth-order valence-corrected chi connectivity index (χ4v) is 2.26. The fraction of sp³-hybridized carbons (Fsp3) is 0.231. The molecule has 1 N–H and O–H groups in total. The SMILES string of the molecule is CCCc1nc(Cl)cc(Nc2c(F)cc(Br)cc2F)n1. The molecule has 7 heteroatoms. The first kappa shape index (κ1) is 15.1. The highest BCUT2D eigenvalue weighted by molar-refractivity contribution is 9.10. The van der Waals surface area contributed by atoms with Crippen molar-refractivity contribution < 1.29 is 8.78 Å². The maximum Gasteiger partial charge on any atom is 0.150 e. The van der Waals surface area contributed by atoms with Crippen LogP contribution in [0.4, 0.5) is 20.3 Å². The second-order valence-electron chi connectivity index (χ2n) is 4.11. The molecule has 0 fully saturated rings. The minimum atomic E-state index is -0.719. The van der Waals surface area contributed by atoms with Crippen LogP contribution in [-0.4, -0.2) is 9.97 Å². The van der Waals surface area contributed by atoms with Crippen LogP contribution in [0, 0.1) is 11.6 Å². The smallest absolute Gasteiger partial charge is 0.150 e. The maximum atomic E-state index is 13.7. The highest BCUT2D eigenvalue weighted by Crippen LogP contribution is 2.27. The molecule has 0 aliphatic rings. The highest BCUT2D eigenvalue weighted by Gasteiger charge is 2.12. The predicted molar refractivity (Wildman–Crippen MR) is 78.4 cm³/mol. The van der Waals surface area contributed by atoms with E-state index in [-0.39, 0.29) is 16.7 Å². The van der Waals surface area contributed by atoms with Crippen molar-refractivity contribution in [2.45, 2.75) is 19.8 Å². The third kappa shape index (κ3) is 3.64. The monoisotopic (exact) mass is 361 g/mol. The Morgan fingerprint density at radius 2 is 1.85 bits per heavy atom. The number of anilines is 2. The van der Waals surface area contributed by atoms with E-state index in [1.807, 2.05) is 6.92 Å². The molecule has 0 radical (unpaired) electrons. The predicted octanol–water partition coefficient (Wildman–Crippen LogP) is 4.87. The third-order valence-corrected chi connectivity index (χ3v) is 3.13. The van der Waals surface area contributed by atoms with E-state index in [9.17, 15) is 8.78 Å². The molecule has 1 aromatic carbocycles. The molecule has 20 heavy (non-hydrogen) atoms. The first-order valence-electron chi connectivity index (χ1n) is 5.94. The van der Waals surface area contributed by atoms with Gasteiger partial charge in [-0.05, 0) is 18.6 Å². The number of aromatic nitrogens is 2. The standard InChI is InChI=1S/C13H11BrClF2N3/c1-2-3-11-18-10(15)6-12(19-11)20-13-8(16)4-7(14)5-9(13)17/h4-6H,2-3H2,1H3,(H,18,19,20). The Bertz CT molecular complexity index is 614. The Morgan fingerprint density at radius 3 is 2.45 bits per heavy atom. The fourth-order valence-electron chi connectivity index (χ4n) is 1.65. The number of halogens is 4. The number of hydrogen-bond donors (Lipinski definition) is 1. The minimum Gasteiger partial charge on any atom is -0.335 e. The number of aryl methyl sites for hydroxylation is 1. The molecule has 0 saturated carbocycles. The van der Waals surface area contributed by atoms with Crippen LogP contribution in [0.15, 0.2) is 22.7 Å². The summed E-state index contributed by atoms with van der Waals surface area (Å²) >= 11 is 8.89. The third-order valence-electron chi connectivity index (χ3n) is 2.47. The largest absolute Gasteiger partial charge is 0.335 e. The van der Waals surface area contributed by atoms with Gasteiger partial charge in [0.25, 0.3) is 0 Å². The molecule has 0 atom stereocenters. The van der Waals surface area contributed by atoms with Crippen molar-refractivity contribution >= 4 is 39.0 Å². The highest BCUT2D eigenvalue weighted by atomic mass is 79.9. The molecular weight excluding hydrogens is 352 g/mol. The number of hydrogen-bond acceptors (Lipinski definition) is 3. The summed E-state index contributed by atoms with van der Waals surface area (Å²) in [5.74, 6) is -0.652. The molecule has 2 rings (SSSR count). The van der Waals surface area contributed by atoms with E-state index < -0.39 is 11.6 Å². The van der Waals surface area contributed by atoms with Crippen LogP contribution in [0.1, 0.15) is 19.2 Å². The Labute approximate surface area is 128 Å². The van der Waals surface area contributed by atoms with Gasteiger partial charge >= 0.3 is 0 Å². The van der Waals surface area contributed by atoms with Crippen molar-refractivity contribution in [3.05, 3.63) is 45.3 Å². The summed E-state index contributed by atoms with van der Waals surface area (Å²) in [5.41, 5.74) is -0.273. The molecule has 1 aromatic heterocycles. The van der Waals surface area contributed by atoms with E-state index in [1.54, 1.807) is 0 Å². The molecular formula is C13H11BrClF2N3. The van der Waals surface area contributed by atoms with E-state index in [0.717, 1.165) is 6.42 Å². The minimum absolute atomic E-state index is 0.226. The molecule has 1 heterocycles. The molecule has 0 amide bonds. The Kier molecular flexibility index (Phi) is 4.88. The van der Waals surface area contributed by atoms with E-state index in [0.29, 0.717) is 16.7 Å². The van der Waals surface area contributed by atoms with E-state index in [2.05, 4.69) is 31.2 Å². The maximum absolute atomic E-state index is 13.7. The van der Waals surface area contributed by atoms with Gasteiger partial charge in [-0.3, -0.25) is 0 Å². The van der Waals surface area contributed by atoms with Gasteiger partial charge in [0.05, 0.1) is 0 Å². The zero-order valence-electron chi connectivity index (χ0n) is 10.6. The average molecular weight is 363 g/mol. The molecule has 0 spiro atoms. The lowest BCUT2D eigenvalue weighted by molar-refractivity contribution is 0.589. The number of benzene rings is 1. The molecule has 0 bridgehead atoms. The van der Waals surface area contributed by atoms with Crippen LogP contribution in [0.25, 0.3) is 0 Å². The number of nitrogens with zero attached hydrogens (tertiary/aromatic N) is 2. The van der Waals surface area contributed by atoms with E-state index in [4.69, 9.17) is 11.6 Å². The van der Waals surface area contributed by atoms with Gasteiger partial charge in [0.15, 0.2) is 11.6 Å². The van der Waals surface area contributed by atoms with Gasteiger partial charge in [0, 0.05) is 17.0 Å². The van der Waals surface area contributed by atoms with Crippen molar-refractivity contribution in [2.24, 2.45) is 0 Å². The summed E-state index contributed by atoms with van der Waals surface area (Å²) in [7, 11) is 0. The summed E-state index contributed by atoms with van der Waals surface area (Å²) in [6, 6.07) is 3.75. The van der Waals surface area contributed by atoms with Crippen LogP contribution >= 0.6 is 27.5 Å². The normalized spacial score (nSPS) is 10.7. The summed E-state index contributed by atoms with van der Waals surface area (Å²) in [5, 5.41) is 2.83. The van der Waals surface area contributed by atoms with Gasteiger partial charge < -0.3 is 5.32 Å². The molecule has 0 aliphatic heterocycles. The topological polar surface area (TPSA) is 37.8 Å². The summed E-state index contributed by atoms with van der Waals surface area (Å²) in [4.78, 5) is 8.22. The Hall–Kier alpha value is -1.27. The summed E-state index contributed by atoms with van der Waals surface area (Å²) < 4.78 is 27.8. The molecule has 0 unspecified atom stereocenters. The first-order valence-corrected chi connectivity index (χ1v) is 7.11. The molecule has 3 nitrogen and oxygen atoms in total. The van der Waals surface area contributed by atoms with Crippen LogP contribution < -0.4 is 5.32 Å². The van der Waals surface area contributed by atoms with Gasteiger partial charge in [-0.1, -0.05) is 34.5 Å². The van der Waals surface area contributed by atoms with Crippen molar-refractivity contribution in [3.8, 4) is 0 Å². The van der Waals surface area contributed by atoms with Crippen molar-refractivity contribution in [1.82, 2.24) is 9.97 Å². The number of nitrogens with one attached hydrogen (secondary N) is 1. The molecule has 106 valence electrons. The number of rotatable bonds is 4. The lowest BCUT2D eigenvalue weighted by Crippen LogP contribution is -2.03. The van der Waals surface area contributed by atoms with Gasteiger partial charge in [-0.2, -0.15) is 0 Å². The van der Waals surface area contributed by atoms with E-state index >= 15 is 0 Å². The lowest BCUT2D eigenvalue weighted by Gasteiger charge is -2.10. The quantitative estimate of drug-likeness (QED) is 0.789. The van der Waals surface area contributed by atoms with E-state index in [1.165, 1.54) is 18.2 Å². The van der Waals surface area contributed by atoms with Crippen molar-refractivity contribution in [3.63, 3.8) is 0 Å². The zero-order valence-corrected chi connectivity index (χ0v) is 12.9. The molecule has 0 saturated heterocycles. The summed E-state index contributed by atoms with van der Waals surface area (Å²) in [6.07, 6.45) is 1.49. The lowest BCUT2D eigenvalue weighted by atomic mass is 10.3. The Balaban J connectivity index is 2.35. The van der Waals surface area contributed by atoms with Crippen LogP contribution in [0.3, 0.4) is 0 Å². The van der Waals surface area contributed by atoms with Crippen molar-refractivity contribution in [1.29, 1.82) is 0 Å². The average Bonchev–Trinajstić information content (AvgIpc) is 2.33. The van der Waals surface area contributed by atoms with Gasteiger partial charge in [0.1, 0.15) is 22.5 Å². The van der Waals surface area contributed by atoms with Gasteiger partial charge in [0.2, 0.25) is 0 Å². The van der Waals surface area contributed by atoms with Gasteiger partial charge in [-0.25, -0.2) is 18.7 Å². The first-order chi connectivity index (χ1) is 9.49.